The van der Waals surface area contributed by atoms with Gasteiger partial charge in [-0.3, -0.25) is 0 Å². The molecule has 0 aromatic carbocycles. The molecule has 0 saturated carbocycles. The summed E-state index contributed by atoms with van der Waals surface area (Å²) in [6.07, 6.45) is 2.53. The molecule has 3 fully saturated rings. The first kappa shape index (κ1) is 9.40. The van der Waals surface area contributed by atoms with Crippen LogP contribution in [0.25, 0.3) is 0 Å². The first-order valence-corrected chi connectivity index (χ1v) is 6.19. The number of hydrogen-bond donors (Lipinski definition) is 0. The van der Waals surface area contributed by atoms with Gasteiger partial charge in [-0.15, -0.1) is 3.89 Å². The van der Waals surface area contributed by atoms with E-state index < -0.39 is 10.2 Å². The Morgan fingerprint density at radius 3 is 2.00 bits per heavy atom. The molecule has 0 spiro atoms. The lowest BCUT2D eigenvalue weighted by Crippen LogP contribution is -2.50. The molecular formula is C8H14FNO2S. The number of fused-ring (bicyclic) bond motifs is 3. The van der Waals surface area contributed by atoms with Crippen molar-refractivity contribution in [3.63, 3.8) is 0 Å². The maximum atomic E-state index is 12.6. The van der Waals surface area contributed by atoms with Crippen molar-refractivity contribution in [3.05, 3.63) is 0 Å². The van der Waals surface area contributed by atoms with Crippen LogP contribution in [0.1, 0.15) is 19.3 Å². The van der Waals surface area contributed by atoms with Gasteiger partial charge in [0.25, 0.3) is 0 Å². The van der Waals surface area contributed by atoms with Crippen molar-refractivity contribution in [1.29, 1.82) is 0 Å². The summed E-state index contributed by atoms with van der Waals surface area (Å²) >= 11 is 0. The fraction of sp³-hybridized carbons (Fsp3) is 1.00. The van der Waals surface area contributed by atoms with Gasteiger partial charge in [-0.1, -0.05) is 0 Å². The van der Waals surface area contributed by atoms with Crippen molar-refractivity contribution >= 4 is 10.2 Å². The molecule has 0 amide bonds. The lowest BCUT2D eigenvalue weighted by molar-refractivity contribution is 0.0423. The van der Waals surface area contributed by atoms with Gasteiger partial charge in [0, 0.05) is 0 Å². The quantitative estimate of drug-likeness (QED) is 0.628. The Kier molecular flexibility index (Phi) is 2.11. The highest BCUT2D eigenvalue weighted by molar-refractivity contribution is 7.86. The maximum absolute atomic E-state index is 12.6. The molecule has 76 valence electrons. The molecule has 3 nitrogen and oxygen atoms in total. The van der Waals surface area contributed by atoms with Gasteiger partial charge in [-0.2, -0.15) is 8.42 Å². The van der Waals surface area contributed by atoms with Crippen molar-refractivity contribution < 1.29 is 12.3 Å². The average Bonchev–Trinajstić information content (AvgIpc) is 2.03. The molecule has 0 aromatic rings. The third-order valence-corrected chi connectivity index (χ3v) is 4.31. The molecule has 0 aliphatic carbocycles. The SMILES string of the molecule is O=S(=O)(F)CC12CCN(CC1)CC2. The van der Waals surface area contributed by atoms with Crippen LogP contribution in [-0.4, -0.2) is 38.7 Å². The van der Waals surface area contributed by atoms with E-state index in [-0.39, 0.29) is 11.2 Å². The largest absolute Gasteiger partial charge is 0.303 e. The van der Waals surface area contributed by atoms with E-state index in [1.807, 2.05) is 0 Å². The zero-order valence-corrected chi connectivity index (χ0v) is 8.32. The molecule has 3 aliphatic heterocycles. The predicted molar refractivity (Wildman–Crippen MR) is 47.6 cm³/mol. The molecule has 0 aromatic heterocycles. The summed E-state index contributed by atoms with van der Waals surface area (Å²) in [7, 11) is -4.29. The van der Waals surface area contributed by atoms with Gasteiger partial charge < -0.3 is 4.90 Å². The zero-order chi connectivity index (χ0) is 9.53. The minimum absolute atomic E-state index is 0.234. The second kappa shape index (κ2) is 2.92. The molecule has 3 saturated heterocycles. The molecule has 0 N–H and O–H groups in total. The average molecular weight is 207 g/mol. The van der Waals surface area contributed by atoms with Gasteiger partial charge in [0.05, 0.1) is 5.75 Å². The molecule has 3 rings (SSSR count). The van der Waals surface area contributed by atoms with Crippen LogP contribution in [0, 0.1) is 5.41 Å². The van der Waals surface area contributed by atoms with E-state index in [0.717, 1.165) is 38.9 Å². The Bertz CT molecular complexity index is 279. The van der Waals surface area contributed by atoms with E-state index in [4.69, 9.17) is 0 Å². The highest BCUT2D eigenvalue weighted by atomic mass is 32.3. The Morgan fingerprint density at radius 1 is 1.15 bits per heavy atom. The lowest BCUT2D eigenvalue weighted by Gasteiger charge is -2.47. The normalized spacial score (nSPS) is 39.3. The molecule has 3 heterocycles. The number of rotatable bonds is 2. The van der Waals surface area contributed by atoms with E-state index in [0.29, 0.717) is 0 Å². The van der Waals surface area contributed by atoms with Gasteiger partial charge in [-0.25, -0.2) is 0 Å². The number of piperidine rings is 3. The fourth-order valence-corrected chi connectivity index (χ4v) is 3.64. The zero-order valence-electron chi connectivity index (χ0n) is 7.50. The van der Waals surface area contributed by atoms with Crippen LogP contribution in [0.3, 0.4) is 0 Å². The van der Waals surface area contributed by atoms with Gasteiger partial charge in [-0.05, 0) is 44.3 Å². The van der Waals surface area contributed by atoms with E-state index in [2.05, 4.69) is 4.90 Å². The molecule has 3 aliphatic rings. The van der Waals surface area contributed by atoms with Gasteiger partial charge >= 0.3 is 10.2 Å². The van der Waals surface area contributed by atoms with Crippen LogP contribution in [0.2, 0.25) is 0 Å². The van der Waals surface area contributed by atoms with Gasteiger partial charge in [0.1, 0.15) is 0 Å². The minimum atomic E-state index is -4.29. The summed E-state index contributed by atoms with van der Waals surface area (Å²) in [5, 5.41) is 0. The second-order valence-electron chi connectivity index (χ2n) is 4.27. The van der Waals surface area contributed by atoms with E-state index in [1.165, 1.54) is 0 Å². The van der Waals surface area contributed by atoms with E-state index >= 15 is 0 Å². The number of hydrogen-bond acceptors (Lipinski definition) is 3. The Balaban J connectivity index is 2.11. The molecule has 2 bridgehead atoms. The lowest BCUT2D eigenvalue weighted by atomic mass is 9.74. The van der Waals surface area contributed by atoms with Crippen LogP contribution in [0.15, 0.2) is 0 Å². The van der Waals surface area contributed by atoms with Crippen molar-refractivity contribution in [2.75, 3.05) is 25.4 Å². The molecular weight excluding hydrogens is 193 g/mol. The van der Waals surface area contributed by atoms with Crippen LogP contribution in [0.4, 0.5) is 3.89 Å². The third kappa shape index (κ3) is 2.02. The van der Waals surface area contributed by atoms with E-state index in [1.54, 1.807) is 0 Å². The van der Waals surface area contributed by atoms with Crippen molar-refractivity contribution in [2.45, 2.75) is 19.3 Å². The monoisotopic (exact) mass is 207 g/mol. The first-order valence-electron chi connectivity index (χ1n) is 4.64. The topological polar surface area (TPSA) is 37.4 Å². The predicted octanol–water partition coefficient (Wildman–Crippen LogP) is 0.772. The van der Waals surface area contributed by atoms with Crippen LogP contribution < -0.4 is 0 Å². The first-order chi connectivity index (χ1) is 5.99. The summed E-state index contributed by atoms with van der Waals surface area (Å²) in [4.78, 5) is 2.31. The van der Waals surface area contributed by atoms with Crippen molar-refractivity contribution in [1.82, 2.24) is 4.90 Å². The standard InChI is InChI=1S/C8H14FNO2S/c9-13(11,12)7-8-1-4-10(5-2-8)6-3-8/h1-7H2. The minimum Gasteiger partial charge on any atom is -0.303 e. The number of halogens is 1. The third-order valence-electron chi connectivity index (χ3n) is 3.35. The summed E-state index contributed by atoms with van der Waals surface area (Å²) in [5.74, 6) is -0.256. The van der Waals surface area contributed by atoms with Crippen molar-refractivity contribution in [3.8, 4) is 0 Å². The number of nitrogens with zero attached hydrogens (tertiary/aromatic N) is 1. The van der Waals surface area contributed by atoms with Crippen molar-refractivity contribution in [2.24, 2.45) is 5.41 Å². The summed E-state index contributed by atoms with van der Waals surface area (Å²) in [6, 6.07) is 0. The summed E-state index contributed by atoms with van der Waals surface area (Å²) < 4.78 is 33.8. The molecule has 0 unspecified atom stereocenters. The molecule has 0 radical (unpaired) electrons. The van der Waals surface area contributed by atoms with Gasteiger partial charge in [0.2, 0.25) is 0 Å². The Labute approximate surface area is 78.1 Å². The fourth-order valence-electron chi connectivity index (χ4n) is 2.48. The van der Waals surface area contributed by atoms with Crippen LogP contribution >= 0.6 is 0 Å². The molecule has 13 heavy (non-hydrogen) atoms. The Hall–Kier alpha value is -0.160. The Morgan fingerprint density at radius 2 is 1.62 bits per heavy atom. The molecule has 0 atom stereocenters. The smallest absolute Gasteiger partial charge is 0.302 e. The van der Waals surface area contributed by atoms with Crippen LogP contribution in [-0.2, 0) is 10.2 Å². The highest BCUT2D eigenvalue weighted by Crippen LogP contribution is 2.41. The van der Waals surface area contributed by atoms with Gasteiger partial charge in [0.15, 0.2) is 0 Å². The highest BCUT2D eigenvalue weighted by Gasteiger charge is 2.42. The molecule has 5 heteroatoms. The second-order valence-corrected chi connectivity index (χ2v) is 5.64. The summed E-state index contributed by atoms with van der Waals surface area (Å²) in [5.41, 5.74) is -0.234. The van der Waals surface area contributed by atoms with E-state index in [9.17, 15) is 12.3 Å². The maximum Gasteiger partial charge on any atom is 0.302 e. The summed E-state index contributed by atoms with van der Waals surface area (Å²) in [6.45, 7) is 2.82. The van der Waals surface area contributed by atoms with Crippen LogP contribution in [0.5, 0.6) is 0 Å².